The average molecular weight is 642 g/mol. The van der Waals surface area contributed by atoms with Crippen LogP contribution in [0.4, 0.5) is 15.2 Å². The van der Waals surface area contributed by atoms with Gasteiger partial charge >= 0.3 is 0 Å². The smallest absolute Gasteiger partial charge is 0.234 e. The fraction of sp³-hybridized carbons (Fsp3) is 0.222. The van der Waals surface area contributed by atoms with Crippen molar-refractivity contribution in [2.45, 2.75) is 29.5 Å². The van der Waals surface area contributed by atoms with E-state index in [0.29, 0.717) is 55.9 Å². The monoisotopic (exact) mass is 640 g/mol. The second-order valence-electron chi connectivity index (χ2n) is 8.87. The Balaban J connectivity index is 1.43. The largest absolute Gasteiger partial charge is 0.495 e. The number of Topliss-reactive ketones (excluding diaryl/α,β-unsaturated/α-hetero) is 1. The molecule has 40 heavy (non-hydrogen) atoms. The minimum atomic E-state index is -0.919. The predicted molar refractivity (Wildman–Crippen MR) is 154 cm³/mol. The number of nitriles is 1. The summed E-state index contributed by atoms with van der Waals surface area (Å²) in [6.45, 7) is 0. The van der Waals surface area contributed by atoms with E-state index in [4.69, 9.17) is 10.5 Å². The number of thioether (sulfide) groups is 1. The highest BCUT2D eigenvalue weighted by Gasteiger charge is 2.42. The van der Waals surface area contributed by atoms with E-state index < -0.39 is 11.7 Å². The number of methoxy groups -OCH3 is 1. The quantitative estimate of drug-likeness (QED) is 0.322. The molecule has 0 spiro atoms. The third-order valence-corrected chi connectivity index (χ3v) is 9.02. The highest BCUT2D eigenvalue weighted by atomic mass is 79.9. The molecule has 0 bridgehead atoms. The summed E-state index contributed by atoms with van der Waals surface area (Å²) < 4.78 is 21.4. The number of aromatic nitrogens is 2. The first-order valence-electron chi connectivity index (χ1n) is 12.1. The van der Waals surface area contributed by atoms with Gasteiger partial charge in [-0.3, -0.25) is 14.5 Å². The Morgan fingerprint density at radius 1 is 1.32 bits per heavy atom. The van der Waals surface area contributed by atoms with Crippen molar-refractivity contribution in [3.63, 3.8) is 0 Å². The van der Waals surface area contributed by atoms with Crippen molar-refractivity contribution in [2.24, 2.45) is 5.73 Å². The molecule has 3 aromatic rings. The van der Waals surface area contributed by atoms with E-state index in [0.717, 1.165) is 0 Å². The molecule has 9 nitrogen and oxygen atoms in total. The van der Waals surface area contributed by atoms with Crippen molar-refractivity contribution in [3.05, 3.63) is 81.0 Å². The number of halogens is 2. The number of amides is 1. The fourth-order valence-corrected chi connectivity index (χ4v) is 6.78. The number of hydrogen-bond donors (Lipinski definition) is 2. The van der Waals surface area contributed by atoms with E-state index in [1.54, 1.807) is 35.2 Å². The number of benzene rings is 2. The Hall–Kier alpha value is -3.73. The molecule has 2 aliphatic rings. The fourth-order valence-electron chi connectivity index (χ4n) is 4.76. The van der Waals surface area contributed by atoms with Crippen LogP contribution < -0.4 is 20.7 Å². The van der Waals surface area contributed by atoms with E-state index in [-0.39, 0.29) is 34.4 Å². The maximum Gasteiger partial charge on any atom is 0.234 e. The summed E-state index contributed by atoms with van der Waals surface area (Å²) in [5.74, 6) is -1.18. The second kappa shape index (κ2) is 11.8. The predicted octanol–water partition coefficient (Wildman–Crippen LogP) is 5.48. The molecule has 2 heterocycles. The van der Waals surface area contributed by atoms with Gasteiger partial charge in [0.05, 0.1) is 36.1 Å². The summed E-state index contributed by atoms with van der Waals surface area (Å²) in [6, 6.07) is 13.7. The highest BCUT2D eigenvalue weighted by Crippen LogP contribution is 2.47. The van der Waals surface area contributed by atoms with Crippen LogP contribution in [-0.4, -0.2) is 34.8 Å². The van der Waals surface area contributed by atoms with Crippen molar-refractivity contribution in [2.75, 3.05) is 23.1 Å². The molecule has 1 aromatic heterocycles. The number of para-hydroxylation sites is 2. The summed E-state index contributed by atoms with van der Waals surface area (Å²) in [6.07, 6.45) is 1.37. The molecule has 0 radical (unpaired) electrons. The number of carbonyl (C=O) groups is 2. The summed E-state index contributed by atoms with van der Waals surface area (Å²) in [5, 5.41) is 21.7. The number of nitrogens with zero attached hydrogens (tertiary/aromatic N) is 4. The Morgan fingerprint density at radius 2 is 2.12 bits per heavy atom. The zero-order valence-corrected chi connectivity index (χ0v) is 24.3. The molecule has 5 rings (SSSR count). The molecule has 0 fully saturated rings. The third kappa shape index (κ3) is 5.34. The van der Waals surface area contributed by atoms with Crippen molar-refractivity contribution in [3.8, 4) is 11.8 Å². The van der Waals surface area contributed by atoms with Crippen molar-refractivity contribution < 1.29 is 18.7 Å². The molecule has 1 atom stereocenters. The molecule has 13 heteroatoms. The lowest BCUT2D eigenvalue weighted by Gasteiger charge is -2.38. The first kappa shape index (κ1) is 27.8. The third-order valence-electron chi connectivity index (χ3n) is 6.48. The number of ether oxygens (including phenoxy) is 1. The number of ketones is 1. The van der Waals surface area contributed by atoms with E-state index in [9.17, 15) is 14.9 Å². The second-order valence-corrected chi connectivity index (χ2v) is 12.0. The van der Waals surface area contributed by atoms with E-state index >= 15 is 4.39 Å². The molecule has 204 valence electrons. The lowest BCUT2D eigenvalue weighted by atomic mass is 9.75. The van der Waals surface area contributed by atoms with Crippen LogP contribution in [0.3, 0.4) is 0 Å². The van der Waals surface area contributed by atoms with Crippen LogP contribution in [-0.2, 0) is 9.59 Å². The molecule has 0 saturated carbocycles. The van der Waals surface area contributed by atoms with Gasteiger partial charge in [-0.2, -0.15) is 5.26 Å². The van der Waals surface area contributed by atoms with Gasteiger partial charge in [-0.1, -0.05) is 57.2 Å². The number of rotatable bonds is 7. The van der Waals surface area contributed by atoms with Gasteiger partial charge in [-0.15, -0.1) is 10.2 Å². The van der Waals surface area contributed by atoms with Gasteiger partial charge in [0.1, 0.15) is 17.4 Å². The number of hydrogen-bond acceptors (Lipinski definition) is 10. The SMILES string of the molecule is COc1ccccc1NC(=O)CSc1nnc(N2C(N)=C(C#N)C(c3ccc(Br)cc3F)C3=C2CCCC3=O)s1. The summed E-state index contributed by atoms with van der Waals surface area (Å²) in [5.41, 5.74) is 8.29. The van der Waals surface area contributed by atoms with E-state index in [2.05, 4.69) is 37.5 Å². The zero-order valence-electron chi connectivity index (χ0n) is 21.1. The van der Waals surface area contributed by atoms with Gasteiger partial charge in [0.25, 0.3) is 0 Å². The van der Waals surface area contributed by atoms with Gasteiger partial charge in [-0.05, 0) is 37.1 Å². The number of carbonyl (C=O) groups excluding carboxylic acids is 2. The molecule has 3 N–H and O–H groups in total. The number of allylic oxidation sites excluding steroid dienone is 3. The van der Waals surface area contributed by atoms with Gasteiger partial charge in [0, 0.05) is 27.7 Å². The van der Waals surface area contributed by atoms with Crippen LogP contribution >= 0.6 is 39.0 Å². The molecule has 1 aliphatic heterocycles. The molecular weight excluding hydrogens is 619 g/mol. The van der Waals surface area contributed by atoms with E-state index in [1.165, 1.54) is 36.3 Å². The first-order chi connectivity index (χ1) is 19.3. The minimum Gasteiger partial charge on any atom is -0.495 e. The average Bonchev–Trinajstić information content (AvgIpc) is 3.40. The summed E-state index contributed by atoms with van der Waals surface area (Å²) in [7, 11) is 1.53. The van der Waals surface area contributed by atoms with Crippen molar-refractivity contribution >= 4 is 61.5 Å². The van der Waals surface area contributed by atoms with Crippen LogP contribution in [0.2, 0.25) is 0 Å². The Bertz CT molecular complexity index is 1620. The molecule has 1 amide bonds. The lowest BCUT2D eigenvalue weighted by Crippen LogP contribution is -2.38. The van der Waals surface area contributed by atoms with Gasteiger partial charge < -0.3 is 15.8 Å². The van der Waals surface area contributed by atoms with E-state index in [1.807, 2.05) is 6.07 Å². The van der Waals surface area contributed by atoms with Gasteiger partial charge in [0.2, 0.25) is 11.0 Å². The summed E-state index contributed by atoms with van der Waals surface area (Å²) in [4.78, 5) is 27.4. The first-order valence-corrected chi connectivity index (χ1v) is 14.7. The molecule has 0 saturated heterocycles. The number of anilines is 2. The molecular formula is C27H22BrFN6O3S2. The molecule has 2 aromatic carbocycles. The Morgan fingerprint density at radius 3 is 2.88 bits per heavy atom. The summed E-state index contributed by atoms with van der Waals surface area (Å²) >= 11 is 5.63. The van der Waals surface area contributed by atoms with Crippen molar-refractivity contribution in [1.29, 1.82) is 5.26 Å². The van der Waals surface area contributed by atoms with Crippen molar-refractivity contribution in [1.82, 2.24) is 10.2 Å². The molecule has 1 aliphatic carbocycles. The molecule has 1 unspecified atom stereocenters. The van der Waals surface area contributed by atoms with Crippen LogP contribution in [0.25, 0.3) is 0 Å². The highest BCUT2D eigenvalue weighted by molar-refractivity contribution is 9.10. The standard InChI is InChI=1S/C27H22BrFN6O3S2/c1-38-21-8-3-2-5-18(21)32-22(37)13-39-27-34-33-26(40-27)35-19-6-4-7-20(36)24(19)23(16(12-30)25(35)31)15-10-9-14(28)11-17(15)29/h2-3,5,8-11,23H,4,6-7,13,31H2,1H3,(H,32,37). The Labute approximate surface area is 246 Å². The maximum atomic E-state index is 15.1. The number of nitrogens with two attached hydrogens (primary N) is 1. The lowest BCUT2D eigenvalue weighted by molar-refractivity contribution is -0.116. The zero-order chi connectivity index (χ0) is 28.4. The normalized spacial score (nSPS) is 17.0. The van der Waals surface area contributed by atoms with Gasteiger partial charge in [-0.25, -0.2) is 4.39 Å². The van der Waals surface area contributed by atoms with Crippen LogP contribution in [0.15, 0.2) is 73.9 Å². The van der Waals surface area contributed by atoms with Crippen LogP contribution in [0.1, 0.15) is 30.7 Å². The minimum absolute atomic E-state index is 0.0656. The Kier molecular flexibility index (Phi) is 8.20. The van der Waals surface area contributed by atoms with Crippen LogP contribution in [0, 0.1) is 17.1 Å². The topological polar surface area (TPSA) is 134 Å². The van der Waals surface area contributed by atoms with Crippen LogP contribution in [0.5, 0.6) is 5.75 Å². The maximum absolute atomic E-state index is 15.1. The van der Waals surface area contributed by atoms with Gasteiger partial charge in [0.15, 0.2) is 10.1 Å². The number of nitrogens with one attached hydrogen (secondary N) is 1.